The summed E-state index contributed by atoms with van der Waals surface area (Å²) in [7, 11) is 0. The third-order valence-electron chi connectivity index (χ3n) is 7.35. The summed E-state index contributed by atoms with van der Waals surface area (Å²) >= 11 is 0. The first-order valence-electron chi connectivity index (χ1n) is 15.0. The number of rotatable bonds is 11. The lowest BCUT2D eigenvalue weighted by atomic mass is 9.93. The zero-order valence-corrected chi connectivity index (χ0v) is 25.2. The summed E-state index contributed by atoms with van der Waals surface area (Å²) in [5.41, 5.74) is 1.98. The molecule has 0 saturated carbocycles. The maximum Gasteiger partial charge on any atom is 0.119 e. The Bertz CT molecular complexity index is 987. The van der Waals surface area contributed by atoms with Crippen LogP contribution in [0.4, 0.5) is 0 Å². The molecule has 43 heavy (non-hydrogen) atoms. The molecule has 0 radical (unpaired) electrons. The number of hydrogen-bond donors (Lipinski definition) is 7. The van der Waals surface area contributed by atoms with E-state index in [1.807, 2.05) is 79.4 Å². The van der Waals surface area contributed by atoms with Gasteiger partial charge in [-0.05, 0) is 24.1 Å². The Morgan fingerprint density at radius 2 is 1.33 bits per heavy atom. The summed E-state index contributed by atoms with van der Waals surface area (Å²) in [6.07, 6.45) is -2.26. The van der Waals surface area contributed by atoms with Gasteiger partial charge in [-0.2, -0.15) is 0 Å². The highest BCUT2D eigenvalue weighted by atomic mass is 16.5. The van der Waals surface area contributed by atoms with Crippen LogP contribution >= 0.6 is 0 Å². The molecular formula is C32H50N2O9. The number of likely N-dealkylation sites (tertiary alicyclic amines) is 1. The van der Waals surface area contributed by atoms with E-state index in [1.165, 1.54) is 0 Å². The molecule has 4 rings (SSSR count). The van der Waals surface area contributed by atoms with E-state index in [0.717, 1.165) is 30.4 Å². The molecule has 0 amide bonds. The highest BCUT2D eigenvalue weighted by molar-refractivity contribution is 5.48. The molecule has 2 saturated heterocycles. The van der Waals surface area contributed by atoms with Crippen LogP contribution in [-0.2, 0) is 27.5 Å². The fourth-order valence-electron chi connectivity index (χ4n) is 5.00. The average molecular weight is 607 g/mol. The normalized spacial score (nSPS) is 29.0. The summed E-state index contributed by atoms with van der Waals surface area (Å²) in [6, 6.07) is 18.4. The van der Waals surface area contributed by atoms with E-state index in [0.29, 0.717) is 32.7 Å². The van der Waals surface area contributed by atoms with E-state index in [4.69, 9.17) is 14.6 Å². The van der Waals surface area contributed by atoms with Crippen molar-refractivity contribution in [2.45, 2.75) is 88.6 Å². The molecule has 2 aliphatic rings. The second-order valence-electron chi connectivity index (χ2n) is 10.7. The molecule has 7 N–H and O–H groups in total. The number of aliphatic hydroxyl groups excluding tert-OH is 6. The maximum absolute atomic E-state index is 10.4. The molecule has 0 unspecified atom stereocenters. The van der Waals surface area contributed by atoms with Crippen molar-refractivity contribution in [1.29, 1.82) is 0 Å². The van der Waals surface area contributed by atoms with Crippen molar-refractivity contribution in [3.8, 4) is 0 Å². The standard InChI is InChI=1S/C16H25NO4.C13H19NO4.C3H6O/c1-2-8-17-9-14(19)16(15(20)13(17)10-18)21-11-12-6-4-3-5-7-12;15-7-10-12(17)13(11(16)6-14-10)18-8-9-4-2-1-3-5-9;1-2-3-4/h3-7,13-16,18-20H,2,8-11H2,1H3;1-5,10-17H,6-8H2;3H,2H2,1H3/t13-,14+,15-,16-;10-,11+,12-,13-;/m11./s1. The average Bonchev–Trinajstić information content (AvgIpc) is 3.02. The lowest BCUT2D eigenvalue weighted by molar-refractivity contribution is -0.171. The third kappa shape index (κ3) is 12.0. The minimum absolute atomic E-state index is 0.140. The van der Waals surface area contributed by atoms with Crippen molar-refractivity contribution in [3.63, 3.8) is 0 Å². The minimum atomic E-state index is -0.914. The Hall–Kier alpha value is -2.29. The van der Waals surface area contributed by atoms with E-state index >= 15 is 0 Å². The fourth-order valence-corrected chi connectivity index (χ4v) is 5.00. The second kappa shape index (κ2) is 20.6. The molecule has 2 heterocycles. The number of aldehydes is 1. The van der Waals surface area contributed by atoms with Crippen molar-refractivity contribution in [3.05, 3.63) is 71.8 Å². The van der Waals surface area contributed by atoms with Crippen LogP contribution in [0.2, 0.25) is 0 Å². The molecule has 11 nitrogen and oxygen atoms in total. The van der Waals surface area contributed by atoms with Gasteiger partial charge in [0.25, 0.3) is 0 Å². The Morgan fingerprint density at radius 3 is 1.77 bits per heavy atom. The fraction of sp³-hybridized carbons (Fsp3) is 0.594. The Labute approximate surface area is 254 Å². The molecule has 0 aromatic heterocycles. The molecule has 2 aliphatic heterocycles. The van der Waals surface area contributed by atoms with Crippen LogP contribution < -0.4 is 5.32 Å². The first-order valence-corrected chi connectivity index (χ1v) is 15.0. The minimum Gasteiger partial charge on any atom is -0.395 e. The molecule has 0 spiro atoms. The number of hydrogen-bond acceptors (Lipinski definition) is 11. The van der Waals surface area contributed by atoms with Crippen LogP contribution in [0.15, 0.2) is 60.7 Å². The van der Waals surface area contributed by atoms with Crippen LogP contribution in [0, 0.1) is 0 Å². The highest BCUT2D eigenvalue weighted by Gasteiger charge is 2.42. The van der Waals surface area contributed by atoms with Gasteiger partial charge in [0.1, 0.15) is 30.7 Å². The Kier molecular flexibility index (Phi) is 17.7. The molecule has 0 aliphatic carbocycles. The van der Waals surface area contributed by atoms with Crippen molar-refractivity contribution >= 4 is 6.29 Å². The molecule has 8 atom stereocenters. The summed E-state index contributed by atoms with van der Waals surface area (Å²) in [5.74, 6) is 0. The molecular weight excluding hydrogens is 556 g/mol. The summed E-state index contributed by atoms with van der Waals surface area (Å²) in [4.78, 5) is 11.1. The lowest BCUT2D eigenvalue weighted by Gasteiger charge is -2.44. The van der Waals surface area contributed by atoms with E-state index in [-0.39, 0.29) is 19.3 Å². The monoisotopic (exact) mass is 606 g/mol. The number of piperidine rings is 2. The highest BCUT2D eigenvalue weighted by Crippen LogP contribution is 2.23. The number of benzene rings is 2. The number of carbonyl (C=O) groups is 1. The van der Waals surface area contributed by atoms with Crippen LogP contribution in [0.25, 0.3) is 0 Å². The third-order valence-corrected chi connectivity index (χ3v) is 7.35. The first-order chi connectivity index (χ1) is 20.8. The zero-order chi connectivity index (χ0) is 31.6. The van der Waals surface area contributed by atoms with E-state index in [2.05, 4.69) is 5.32 Å². The van der Waals surface area contributed by atoms with Gasteiger partial charge in [0, 0.05) is 19.5 Å². The number of β-amino-alcohol motifs (C(OH)–C–C–N with tert-alkyl or cyclic N) is 2. The molecule has 2 aromatic rings. The number of carbonyl (C=O) groups excluding carboxylic acids is 1. The smallest absolute Gasteiger partial charge is 0.119 e. The van der Waals surface area contributed by atoms with Crippen molar-refractivity contribution < 1.29 is 44.9 Å². The predicted octanol–water partition coefficient (Wildman–Crippen LogP) is 0.233. The van der Waals surface area contributed by atoms with Crippen LogP contribution in [0.3, 0.4) is 0 Å². The van der Waals surface area contributed by atoms with Gasteiger partial charge in [-0.1, -0.05) is 74.5 Å². The first kappa shape index (κ1) is 36.9. The summed E-state index contributed by atoms with van der Waals surface area (Å²) < 4.78 is 11.3. The zero-order valence-electron chi connectivity index (χ0n) is 25.2. The largest absolute Gasteiger partial charge is 0.395 e. The van der Waals surface area contributed by atoms with Crippen LogP contribution in [0.5, 0.6) is 0 Å². The molecule has 2 aromatic carbocycles. The summed E-state index contributed by atoms with van der Waals surface area (Å²) in [5, 5.41) is 61.8. The number of nitrogens with zero attached hydrogens (tertiary/aromatic N) is 1. The summed E-state index contributed by atoms with van der Waals surface area (Å²) in [6.45, 7) is 5.65. The molecule has 0 bridgehead atoms. The van der Waals surface area contributed by atoms with E-state index in [9.17, 15) is 30.3 Å². The van der Waals surface area contributed by atoms with Gasteiger partial charge in [0.05, 0.1) is 50.7 Å². The van der Waals surface area contributed by atoms with Gasteiger partial charge in [0.2, 0.25) is 0 Å². The quantitative estimate of drug-likeness (QED) is 0.175. The Morgan fingerprint density at radius 1 is 0.814 bits per heavy atom. The number of aliphatic hydroxyl groups is 6. The van der Waals surface area contributed by atoms with Gasteiger partial charge < -0.3 is 50.2 Å². The second-order valence-corrected chi connectivity index (χ2v) is 10.7. The van der Waals surface area contributed by atoms with Gasteiger partial charge in [0.15, 0.2) is 0 Å². The molecule has 242 valence electrons. The predicted molar refractivity (Wildman–Crippen MR) is 162 cm³/mol. The van der Waals surface area contributed by atoms with Crippen LogP contribution in [0.1, 0.15) is 37.8 Å². The van der Waals surface area contributed by atoms with Gasteiger partial charge in [-0.15, -0.1) is 0 Å². The van der Waals surface area contributed by atoms with Crippen LogP contribution in [-0.4, -0.2) is 123 Å². The van der Waals surface area contributed by atoms with Gasteiger partial charge >= 0.3 is 0 Å². The molecule has 11 heteroatoms. The number of nitrogens with one attached hydrogen (secondary N) is 1. The van der Waals surface area contributed by atoms with Crippen molar-refractivity contribution in [2.75, 3.05) is 32.8 Å². The van der Waals surface area contributed by atoms with Gasteiger partial charge in [-0.3, -0.25) is 4.90 Å². The molecule has 2 fully saturated rings. The van der Waals surface area contributed by atoms with E-state index < -0.39 is 42.7 Å². The van der Waals surface area contributed by atoms with Crippen molar-refractivity contribution in [2.24, 2.45) is 0 Å². The van der Waals surface area contributed by atoms with Crippen molar-refractivity contribution in [1.82, 2.24) is 10.2 Å². The number of ether oxygens (including phenoxy) is 2. The SMILES string of the molecule is CCC=O.CCCN1C[C@H](O)[C@@H](OCc2ccccc2)[C@H](O)[C@H]1CO.OC[C@H]1NC[C@H](O)[C@@H](OCc2ccccc2)[C@@H]1O. The topological polar surface area (TPSA) is 172 Å². The Balaban J connectivity index is 0.000000269. The lowest BCUT2D eigenvalue weighted by Crippen LogP contribution is -2.63. The van der Waals surface area contributed by atoms with E-state index in [1.54, 1.807) is 0 Å². The maximum atomic E-state index is 10.4. The van der Waals surface area contributed by atoms with Gasteiger partial charge in [-0.25, -0.2) is 0 Å².